The Morgan fingerprint density at radius 3 is 2.89 bits per heavy atom. The van der Waals surface area contributed by atoms with E-state index in [4.69, 9.17) is 20.5 Å². The van der Waals surface area contributed by atoms with Crippen molar-refractivity contribution < 1.29 is 9.47 Å². The van der Waals surface area contributed by atoms with E-state index in [1.165, 1.54) is 0 Å². The van der Waals surface area contributed by atoms with Gasteiger partial charge in [-0.2, -0.15) is 5.26 Å². The fourth-order valence-corrected chi connectivity index (χ4v) is 1.58. The van der Waals surface area contributed by atoms with Crippen LogP contribution in [0.4, 0.5) is 0 Å². The van der Waals surface area contributed by atoms with Crippen LogP contribution in [0.3, 0.4) is 0 Å². The third-order valence-corrected chi connectivity index (χ3v) is 2.57. The van der Waals surface area contributed by atoms with E-state index < -0.39 is 5.54 Å². The van der Waals surface area contributed by atoms with Gasteiger partial charge in [-0.1, -0.05) is 12.1 Å². The molecule has 0 aliphatic rings. The number of hydrogen-bond acceptors (Lipinski definition) is 4. The molecule has 0 heterocycles. The molecule has 0 saturated heterocycles. The van der Waals surface area contributed by atoms with Gasteiger partial charge in [0.15, 0.2) is 0 Å². The molecule has 4 nitrogen and oxygen atoms in total. The zero-order valence-corrected chi connectivity index (χ0v) is 11.0. The molecule has 0 fully saturated rings. The summed E-state index contributed by atoms with van der Waals surface area (Å²) in [6.45, 7) is 2.86. The topological polar surface area (TPSA) is 68.3 Å². The average molecular weight is 248 g/mol. The van der Waals surface area contributed by atoms with Crippen LogP contribution in [0.5, 0.6) is 5.75 Å². The Kier molecular flexibility index (Phi) is 5.63. The molecule has 0 aliphatic heterocycles. The van der Waals surface area contributed by atoms with Crippen LogP contribution in [-0.4, -0.2) is 19.3 Å². The molecule has 0 saturated carbocycles. The molecule has 0 spiro atoms. The summed E-state index contributed by atoms with van der Waals surface area (Å²) in [7, 11) is 1.66. The molecule has 0 radical (unpaired) electrons. The molecule has 18 heavy (non-hydrogen) atoms. The molecule has 2 N–H and O–H groups in total. The molecule has 0 amide bonds. The van der Waals surface area contributed by atoms with Crippen molar-refractivity contribution in [1.29, 1.82) is 5.26 Å². The highest BCUT2D eigenvalue weighted by Gasteiger charge is 2.16. The number of methoxy groups -OCH3 is 1. The standard InChI is InChI=1S/C14H20N2O2/c1-14(16,11-15)7-4-8-18-13-6-3-5-12(9-13)10-17-2/h3,5-6,9H,4,7-8,10,16H2,1-2H3. The minimum absolute atomic E-state index is 0.560. The van der Waals surface area contributed by atoms with Crippen molar-refractivity contribution in [2.75, 3.05) is 13.7 Å². The molecule has 1 unspecified atom stereocenters. The van der Waals surface area contributed by atoms with Crippen LogP contribution in [-0.2, 0) is 11.3 Å². The Balaban J connectivity index is 2.36. The van der Waals surface area contributed by atoms with Gasteiger partial charge in [-0.25, -0.2) is 0 Å². The molecular weight excluding hydrogens is 228 g/mol. The van der Waals surface area contributed by atoms with E-state index in [0.717, 1.165) is 17.7 Å². The first kappa shape index (κ1) is 14.5. The Morgan fingerprint density at radius 2 is 2.22 bits per heavy atom. The van der Waals surface area contributed by atoms with Crippen LogP contribution in [0.1, 0.15) is 25.3 Å². The largest absolute Gasteiger partial charge is 0.494 e. The van der Waals surface area contributed by atoms with Crippen LogP contribution >= 0.6 is 0 Å². The van der Waals surface area contributed by atoms with Gasteiger partial charge in [0.05, 0.1) is 19.3 Å². The second-order valence-electron chi connectivity index (χ2n) is 4.56. The summed E-state index contributed by atoms with van der Waals surface area (Å²) in [5.41, 5.74) is 6.04. The maximum absolute atomic E-state index is 8.78. The van der Waals surface area contributed by atoms with E-state index in [0.29, 0.717) is 19.6 Å². The zero-order chi connectivity index (χ0) is 13.4. The van der Waals surface area contributed by atoms with E-state index in [2.05, 4.69) is 6.07 Å². The summed E-state index contributed by atoms with van der Waals surface area (Å²) in [4.78, 5) is 0. The minimum atomic E-state index is -0.763. The second kappa shape index (κ2) is 7.00. The first-order valence-electron chi connectivity index (χ1n) is 5.98. The molecule has 0 bridgehead atoms. The van der Waals surface area contributed by atoms with Gasteiger partial charge in [0.25, 0.3) is 0 Å². The Labute approximate surface area is 108 Å². The lowest BCUT2D eigenvalue weighted by atomic mass is 10.00. The monoisotopic (exact) mass is 248 g/mol. The number of rotatable bonds is 7. The van der Waals surface area contributed by atoms with Gasteiger partial charge in [0.1, 0.15) is 11.3 Å². The molecule has 1 rings (SSSR count). The zero-order valence-electron chi connectivity index (χ0n) is 11.0. The van der Waals surface area contributed by atoms with Crippen molar-refractivity contribution in [1.82, 2.24) is 0 Å². The number of ether oxygens (including phenoxy) is 2. The smallest absolute Gasteiger partial charge is 0.119 e. The molecule has 4 heteroatoms. The van der Waals surface area contributed by atoms with Crippen molar-refractivity contribution in [3.8, 4) is 11.8 Å². The molecule has 0 aromatic heterocycles. The molecule has 1 atom stereocenters. The van der Waals surface area contributed by atoms with E-state index >= 15 is 0 Å². The summed E-state index contributed by atoms with van der Waals surface area (Å²) in [5, 5.41) is 8.78. The molecule has 0 aliphatic carbocycles. The normalized spacial score (nSPS) is 13.7. The summed E-state index contributed by atoms with van der Waals surface area (Å²) in [6, 6.07) is 9.86. The first-order valence-corrected chi connectivity index (χ1v) is 5.98. The summed E-state index contributed by atoms with van der Waals surface area (Å²) in [5.74, 6) is 0.820. The fraction of sp³-hybridized carbons (Fsp3) is 0.500. The predicted molar refractivity (Wildman–Crippen MR) is 70.1 cm³/mol. The highest BCUT2D eigenvalue weighted by molar-refractivity contribution is 5.28. The molecule has 1 aromatic carbocycles. The van der Waals surface area contributed by atoms with Gasteiger partial charge in [-0.3, -0.25) is 0 Å². The Morgan fingerprint density at radius 1 is 1.44 bits per heavy atom. The third kappa shape index (κ3) is 5.17. The highest BCUT2D eigenvalue weighted by atomic mass is 16.5. The van der Waals surface area contributed by atoms with E-state index in [9.17, 15) is 0 Å². The quantitative estimate of drug-likeness (QED) is 0.751. The van der Waals surface area contributed by atoms with Crippen molar-refractivity contribution in [3.63, 3.8) is 0 Å². The maximum atomic E-state index is 8.78. The van der Waals surface area contributed by atoms with Gasteiger partial charge in [0, 0.05) is 7.11 Å². The fourth-order valence-electron chi connectivity index (χ4n) is 1.58. The number of nitriles is 1. The third-order valence-electron chi connectivity index (χ3n) is 2.57. The second-order valence-corrected chi connectivity index (χ2v) is 4.56. The van der Waals surface area contributed by atoms with Crippen molar-refractivity contribution in [3.05, 3.63) is 29.8 Å². The average Bonchev–Trinajstić information content (AvgIpc) is 2.36. The lowest BCUT2D eigenvalue weighted by Crippen LogP contribution is -2.34. The van der Waals surface area contributed by atoms with Crippen LogP contribution in [0, 0.1) is 11.3 Å². The predicted octanol–water partition coefficient (Wildman–Crippen LogP) is 2.23. The summed E-state index contributed by atoms with van der Waals surface area (Å²) >= 11 is 0. The van der Waals surface area contributed by atoms with Crippen LogP contribution in [0.25, 0.3) is 0 Å². The molecule has 1 aromatic rings. The number of nitrogens with zero attached hydrogens (tertiary/aromatic N) is 1. The van der Waals surface area contributed by atoms with Gasteiger partial charge >= 0.3 is 0 Å². The number of benzene rings is 1. The SMILES string of the molecule is COCc1cccc(OCCCC(C)(N)C#N)c1. The lowest BCUT2D eigenvalue weighted by Gasteiger charge is -2.15. The van der Waals surface area contributed by atoms with Crippen LogP contribution in [0.2, 0.25) is 0 Å². The van der Waals surface area contributed by atoms with Gasteiger partial charge in [-0.05, 0) is 37.5 Å². The summed E-state index contributed by atoms with van der Waals surface area (Å²) in [6.07, 6.45) is 1.39. The molecule has 98 valence electrons. The van der Waals surface area contributed by atoms with Gasteiger partial charge < -0.3 is 15.2 Å². The van der Waals surface area contributed by atoms with Crippen LogP contribution in [0.15, 0.2) is 24.3 Å². The van der Waals surface area contributed by atoms with Crippen molar-refractivity contribution >= 4 is 0 Å². The Bertz CT molecular complexity index is 411. The van der Waals surface area contributed by atoms with Crippen molar-refractivity contribution in [2.24, 2.45) is 5.73 Å². The van der Waals surface area contributed by atoms with Gasteiger partial charge in [0.2, 0.25) is 0 Å². The minimum Gasteiger partial charge on any atom is -0.494 e. The number of nitrogens with two attached hydrogens (primary N) is 1. The first-order chi connectivity index (χ1) is 8.57. The van der Waals surface area contributed by atoms with Gasteiger partial charge in [-0.15, -0.1) is 0 Å². The Hall–Kier alpha value is -1.57. The summed E-state index contributed by atoms with van der Waals surface area (Å²) < 4.78 is 10.7. The van der Waals surface area contributed by atoms with E-state index in [1.54, 1.807) is 14.0 Å². The highest BCUT2D eigenvalue weighted by Crippen LogP contribution is 2.15. The van der Waals surface area contributed by atoms with Crippen molar-refractivity contribution in [2.45, 2.75) is 31.9 Å². The number of hydrogen-bond donors (Lipinski definition) is 1. The maximum Gasteiger partial charge on any atom is 0.119 e. The molecular formula is C14H20N2O2. The lowest BCUT2D eigenvalue weighted by molar-refractivity contribution is 0.184. The van der Waals surface area contributed by atoms with Crippen LogP contribution < -0.4 is 10.5 Å². The van der Waals surface area contributed by atoms with E-state index in [1.807, 2.05) is 24.3 Å². The van der Waals surface area contributed by atoms with E-state index in [-0.39, 0.29) is 0 Å².